The predicted molar refractivity (Wildman–Crippen MR) is 83.3 cm³/mol. The fraction of sp³-hybridized carbons (Fsp3) is 0.467. The highest BCUT2D eigenvalue weighted by Crippen LogP contribution is 2.29. The number of anilines is 1. The highest BCUT2D eigenvalue weighted by Gasteiger charge is 2.24. The molecule has 2 rings (SSSR count). The van der Waals surface area contributed by atoms with Crippen LogP contribution in [0.2, 0.25) is 0 Å². The van der Waals surface area contributed by atoms with E-state index in [1.807, 2.05) is 39.0 Å². The lowest BCUT2D eigenvalue weighted by Crippen LogP contribution is -2.43. The molecule has 2 aromatic rings. The molecule has 0 bridgehead atoms. The maximum absolute atomic E-state index is 12.4. The number of nitrogens with zero attached hydrogens (tertiary/aromatic N) is 2. The van der Waals surface area contributed by atoms with Gasteiger partial charge in [0.25, 0.3) is 0 Å². The molecule has 0 aliphatic carbocycles. The van der Waals surface area contributed by atoms with E-state index in [1.54, 1.807) is 18.6 Å². The average Bonchev–Trinajstić information content (AvgIpc) is 2.71. The second-order valence-corrected chi connectivity index (χ2v) is 6.08. The molecule has 1 aromatic heterocycles. The number of aromatic nitrogens is 2. The van der Waals surface area contributed by atoms with E-state index in [1.165, 1.54) is 0 Å². The first-order valence-electron chi connectivity index (χ1n) is 6.87. The van der Waals surface area contributed by atoms with Crippen LogP contribution in [0.5, 0.6) is 5.75 Å². The number of ether oxygens (including phenoxy) is 1. The summed E-state index contributed by atoms with van der Waals surface area (Å²) in [6.07, 6.45) is 0. The van der Waals surface area contributed by atoms with Gasteiger partial charge in [-0.1, -0.05) is 6.07 Å². The number of carbonyl (C=O) groups excluding carboxylic acids is 1. The van der Waals surface area contributed by atoms with E-state index in [-0.39, 0.29) is 11.4 Å². The molecule has 6 heteroatoms. The number of amides is 1. The lowest BCUT2D eigenvalue weighted by atomic mass is 10.1. The molecule has 21 heavy (non-hydrogen) atoms. The van der Waals surface area contributed by atoms with Crippen LogP contribution in [0.4, 0.5) is 5.95 Å². The molecule has 0 saturated carbocycles. The highest BCUT2D eigenvalue weighted by molar-refractivity contribution is 5.88. The van der Waals surface area contributed by atoms with Crippen LogP contribution in [-0.2, 0) is 4.79 Å². The molecule has 3 N–H and O–H groups in total. The zero-order valence-electron chi connectivity index (χ0n) is 13.1. The number of benzene rings is 1. The molecular formula is C15H22N4O2. The maximum atomic E-state index is 12.4. The van der Waals surface area contributed by atoms with Crippen molar-refractivity contribution in [1.29, 1.82) is 0 Å². The topological polar surface area (TPSA) is 82.2 Å². The van der Waals surface area contributed by atoms with Crippen molar-refractivity contribution in [3.63, 3.8) is 0 Å². The zero-order valence-corrected chi connectivity index (χ0v) is 13.1. The Morgan fingerprint density at radius 2 is 2.10 bits per heavy atom. The normalized spacial score (nSPS) is 13.2. The Morgan fingerprint density at radius 1 is 1.43 bits per heavy atom. The summed E-state index contributed by atoms with van der Waals surface area (Å²) >= 11 is 0. The van der Waals surface area contributed by atoms with Crippen LogP contribution in [0, 0.1) is 0 Å². The molecule has 1 heterocycles. The van der Waals surface area contributed by atoms with Gasteiger partial charge >= 0.3 is 0 Å². The summed E-state index contributed by atoms with van der Waals surface area (Å²) in [5.41, 5.74) is 7.14. The summed E-state index contributed by atoms with van der Waals surface area (Å²) in [7, 11) is 1.58. The van der Waals surface area contributed by atoms with Crippen LogP contribution >= 0.6 is 0 Å². The number of hydrogen-bond acceptors (Lipinski definition) is 4. The molecular weight excluding hydrogens is 268 g/mol. The number of imidazole rings is 1. The number of nitrogens with two attached hydrogens (primary N) is 1. The second kappa shape index (κ2) is 5.27. The summed E-state index contributed by atoms with van der Waals surface area (Å²) in [6, 6.07) is 5.09. The van der Waals surface area contributed by atoms with Gasteiger partial charge in [0, 0.05) is 5.54 Å². The summed E-state index contributed by atoms with van der Waals surface area (Å²) < 4.78 is 7.01. The van der Waals surface area contributed by atoms with Crippen LogP contribution in [-0.4, -0.2) is 28.1 Å². The number of carbonyl (C=O) groups is 1. The lowest BCUT2D eigenvalue weighted by molar-refractivity contribution is -0.125. The SMILES string of the molecule is COc1cccc2c1nc(N)n2C(C)C(=O)NC(C)(C)C. The molecule has 1 aromatic carbocycles. The fourth-order valence-electron chi connectivity index (χ4n) is 2.27. The molecule has 0 fully saturated rings. The number of rotatable bonds is 3. The summed E-state index contributed by atoms with van der Waals surface area (Å²) in [5.74, 6) is 0.837. The minimum absolute atomic E-state index is 0.101. The number of para-hydroxylation sites is 1. The van der Waals surface area contributed by atoms with Crippen molar-refractivity contribution in [3.8, 4) is 5.75 Å². The predicted octanol–water partition coefficient (Wildman–Crippen LogP) is 2.10. The van der Waals surface area contributed by atoms with Crippen LogP contribution in [0.15, 0.2) is 18.2 Å². The third kappa shape index (κ3) is 2.94. The third-order valence-corrected chi connectivity index (χ3v) is 3.20. The van der Waals surface area contributed by atoms with E-state index in [2.05, 4.69) is 10.3 Å². The van der Waals surface area contributed by atoms with E-state index in [0.717, 1.165) is 5.52 Å². The number of hydrogen-bond donors (Lipinski definition) is 2. The molecule has 6 nitrogen and oxygen atoms in total. The van der Waals surface area contributed by atoms with Gasteiger partial charge in [0.1, 0.15) is 17.3 Å². The first kappa shape index (κ1) is 15.2. The Kier molecular flexibility index (Phi) is 3.80. The first-order valence-corrected chi connectivity index (χ1v) is 6.87. The van der Waals surface area contributed by atoms with Crippen molar-refractivity contribution in [1.82, 2.24) is 14.9 Å². The Morgan fingerprint density at radius 3 is 2.67 bits per heavy atom. The van der Waals surface area contributed by atoms with Crippen molar-refractivity contribution in [3.05, 3.63) is 18.2 Å². The van der Waals surface area contributed by atoms with Crippen LogP contribution in [0.3, 0.4) is 0 Å². The number of methoxy groups -OCH3 is 1. The molecule has 0 aliphatic rings. The van der Waals surface area contributed by atoms with Gasteiger partial charge in [-0.05, 0) is 39.8 Å². The minimum Gasteiger partial charge on any atom is -0.494 e. The minimum atomic E-state index is -0.457. The molecule has 1 unspecified atom stereocenters. The van der Waals surface area contributed by atoms with Crippen molar-refractivity contribution in [2.24, 2.45) is 0 Å². The molecule has 1 amide bonds. The Hall–Kier alpha value is -2.24. The standard InChI is InChI=1S/C15H22N4O2/c1-9(13(20)18-15(2,3)4)19-10-7-6-8-11(21-5)12(10)17-14(19)16/h6-9H,1-5H3,(H2,16,17)(H,18,20). The Balaban J connectivity index is 2.47. The monoisotopic (exact) mass is 290 g/mol. The van der Waals surface area contributed by atoms with E-state index < -0.39 is 6.04 Å². The fourth-order valence-corrected chi connectivity index (χ4v) is 2.27. The van der Waals surface area contributed by atoms with Gasteiger partial charge in [-0.15, -0.1) is 0 Å². The quantitative estimate of drug-likeness (QED) is 0.907. The molecule has 1 atom stereocenters. The van der Waals surface area contributed by atoms with E-state index in [9.17, 15) is 4.79 Å². The molecule has 0 spiro atoms. The van der Waals surface area contributed by atoms with Crippen LogP contribution < -0.4 is 15.8 Å². The molecule has 0 saturated heterocycles. The van der Waals surface area contributed by atoms with Crippen molar-refractivity contribution in [2.75, 3.05) is 12.8 Å². The van der Waals surface area contributed by atoms with Gasteiger partial charge in [-0.2, -0.15) is 0 Å². The number of fused-ring (bicyclic) bond motifs is 1. The number of nitrogens with one attached hydrogen (secondary N) is 1. The molecule has 0 radical (unpaired) electrons. The first-order chi connectivity index (χ1) is 9.74. The van der Waals surface area contributed by atoms with Crippen molar-refractivity contribution in [2.45, 2.75) is 39.3 Å². The third-order valence-electron chi connectivity index (χ3n) is 3.20. The Labute approximate surface area is 124 Å². The number of nitrogen functional groups attached to an aromatic ring is 1. The van der Waals surface area contributed by atoms with Gasteiger partial charge < -0.3 is 15.8 Å². The van der Waals surface area contributed by atoms with E-state index in [0.29, 0.717) is 17.2 Å². The maximum Gasteiger partial charge on any atom is 0.243 e. The summed E-state index contributed by atoms with van der Waals surface area (Å²) in [6.45, 7) is 7.63. The van der Waals surface area contributed by atoms with Crippen LogP contribution in [0.1, 0.15) is 33.7 Å². The lowest BCUT2D eigenvalue weighted by Gasteiger charge is -2.24. The van der Waals surface area contributed by atoms with Gasteiger partial charge in [-0.25, -0.2) is 4.98 Å². The van der Waals surface area contributed by atoms with Gasteiger partial charge in [0.15, 0.2) is 0 Å². The van der Waals surface area contributed by atoms with Crippen molar-refractivity contribution >= 4 is 22.9 Å². The second-order valence-electron chi connectivity index (χ2n) is 6.08. The average molecular weight is 290 g/mol. The van der Waals surface area contributed by atoms with E-state index >= 15 is 0 Å². The molecule has 114 valence electrons. The largest absolute Gasteiger partial charge is 0.494 e. The van der Waals surface area contributed by atoms with Crippen molar-refractivity contribution < 1.29 is 9.53 Å². The molecule has 0 aliphatic heterocycles. The Bertz CT molecular complexity index is 670. The smallest absolute Gasteiger partial charge is 0.243 e. The van der Waals surface area contributed by atoms with Crippen LogP contribution in [0.25, 0.3) is 11.0 Å². The van der Waals surface area contributed by atoms with E-state index in [4.69, 9.17) is 10.5 Å². The summed E-state index contributed by atoms with van der Waals surface area (Å²) in [5, 5.41) is 2.95. The van der Waals surface area contributed by atoms with Gasteiger partial charge in [0.2, 0.25) is 11.9 Å². The van der Waals surface area contributed by atoms with Gasteiger partial charge in [-0.3, -0.25) is 9.36 Å². The highest BCUT2D eigenvalue weighted by atomic mass is 16.5. The van der Waals surface area contributed by atoms with Gasteiger partial charge in [0.05, 0.1) is 12.6 Å². The zero-order chi connectivity index (χ0) is 15.8. The summed E-state index contributed by atoms with van der Waals surface area (Å²) in [4.78, 5) is 16.7.